The molecule has 0 fully saturated rings. The Morgan fingerprint density at radius 1 is 1.00 bits per heavy atom. The van der Waals surface area contributed by atoms with Crippen LogP contribution in [0.15, 0.2) is 54.7 Å². The van der Waals surface area contributed by atoms with Gasteiger partial charge in [-0.1, -0.05) is 24.3 Å². The van der Waals surface area contributed by atoms with Crippen molar-refractivity contribution in [2.75, 3.05) is 10.6 Å². The van der Waals surface area contributed by atoms with Gasteiger partial charge in [0, 0.05) is 11.9 Å². The summed E-state index contributed by atoms with van der Waals surface area (Å²) in [5.74, 6) is -0.579. The van der Waals surface area contributed by atoms with E-state index in [1.165, 1.54) is 38.2 Å². The summed E-state index contributed by atoms with van der Waals surface area (Å²) in [6.45, 7) is 2.56. The van der Waals surface area contributed by atoms with Crippen LogP contribution in [0.4, 0.5) is 33.7 Å². The van der Waals surface area contributed by atoms with E-state index in [-0.39, 0.29) is 10.7 Å². The van der Waals surface area contributed by atoms with Gasteiger partial charge in [0.05, 0.1) is 16.1 Å². The number of nitrogens with one attached hydrogen (secondary N) is 3. The zero-order chi connectivity index (χ0) is 24.4. The summed E-state index contributed by atoms with van der Waals surface area (Å²) in [6, 6.07) is 11.5. The summed E-state index contributed by atoms with van der Waals surface area (Å²) in [7, 11) is -5.55. The number of amides is 2. The maximum absolute atomic E-state index is 13.6. The third-order valence-electron chi connectivity index (χ3n) is 4.28. The van der Waals surface area contributed by atoms with E-state index in [2.05, 4.69) is 15.6 Å². The molecule has 33 heavy (non-hydrogen) atoms. The average molecular weight is 503 g/mol. The van der Waals surface area contributed by atoms with E-state index in [0.717, 1.165) is 11.3 Å². The zero-order valence-electron chi connectivity index (χ0n) is 17.2. The highest BCUT2D eigenvalue weighted by atomic mass is 32.2. The van der Waals surface area contributed by atoms with E-state index in [1.54, 1.807) is 35.1 Å². The van der Waals surface area contributed by atoms with Crippen molar-refractivity contribution in [2.24, 2.45) is 0 Å². The summed E-state index contributed by atoms with van der Waals surface area (Å²) in [4.78, 5) is 16.7. The minimum absolute atomic E-state index is 0.0209. The Bertz CT molecular complexity index is 1260. The number of rotatable bonds is 6. The molecule has 7 nitrogen and oxygen atoms in total. The molecule has 2 aromatic carbocycles. The summed E-state index contributed by atoms with van der Waals surface area (Å²) in [5.41, 5.74) is -5.95. The Labute approximate surface area is 190 Å². The molecule has 0 aliphatic carbocycles. The number of urea groups is 1. The number of nitrogens with zero attached hydrogens (tertiary/aromatic N) is 1. The van der Waals surface area contributed by atoms with E-state index < -0.39 is 32.9 Å². The van der Waals surface area contributed by atoms with Gasteiger partial charge in [-0.2, -0.15) is 17.9 Å². The molecule has 1 aromatic heterocycles. The van der Waals surface area contributed by atoms with Crippen molar-refractivity contribution in [1.82, 2.24) is 9.71 Å². The molecule has 2 amide bonds. The maximum Gasteiger partial charge on any atom is 0.511 e. The first-order chi connectivity index (χ1) is 15.3. The molecule has 0 aliphatic rings. The third kappa shape index (κ3) is 5.86. The predicted molar refractivity (Wildman–Crippen MR) is 118 cm³/mol. The molecule has 0 aliphatic heterocycles. The van der Waals surface area contributed by atoms with Crippen molar-refractivity contribution < 1.29 is 30.8 Å². The molecule has 0 spiro atoms. The fourth-order valence-corrected chi connectivity index (χ4v) is 4.63. The number of hydrogen-bond acceptors (Lipinski definition) is 5. The molecule has 0 radical (unpaired) electrons. The van der Waals surface area contributed by atoms with Crippen LogP contribution in [-0.4, -0.2) is 24.9 Å². The van der Waals surface area contributed by atoms with Gasteiger partial charge < -0.3 is 10.6 Å². The molecular weight excluding hydrogens is 484 g/mol. The first-order valence-corrected chi connectivity index (χ1v) is 11.6. The Balaban J connectivity index is 1.69. The van der Waals surface area contributed by atoms with E-state index >= 15 is 0 Å². The van der Waals surface area contributed by atoms with E-state index in [1.807, 2.05) is 0 Å². The highest BCUT2D eigenvalue weighted by Gasteiger charge is 2.49. The second kappa shape index (κ2) is 9.08. The van der Waals surface area contributed by atoms with Gasteiger partial charge in [-0.3, -0.25) is 0 Å². The molecule has 0 unspecified atom stereocenters. The van der Waals surface area contributed by atoms with Crippen molar-refractivity contribution in [3.05, 3.63) is 65.6 Å². The Morgan fingerprint density at radius 2 is 1.64 bits per heavy atom. The Kier molecular flexibility index (Phi) is 6.77. The number of para-hydroxylation sites is 1. The lowest BCUT2D eigenvalue weighted by Gasteiger charge is -2.24. The van der Waals surface area contributed by atoms with Crippen LogP contribution in [0.25, 0.3) is 10.4 Å². The number of benzene rings is 2. The van der Waals surface area contributed by atoms with Crippen LogP contribution in [-0.2, 0) is 15.6 Å². The van der Waals surface area contributed by atoms with Crippen molar-refractivity contribution in [1.29, 1.82) is 0 Å². The fraction of sp³-hybridized carbons (Fsp3) is 0.200. The van der Waals surface area contributed by atoms with Crippen LogP contribution in [0.3, 0.4) is 0 Å². The maximum atomic E-state index is 13.6. The van der Waals surface area contributed by atoms with Gasteiger partial charge >= 0.3 is 21.6 Å². The standard InChI is InChI=1S/C20H18F4N4O3S2/c1-19(2,28-33(30,31)20(22,23)24)17-25-11-16(32-17)12-7-9-13(10-8-12)26-18(29)27-15-6-4-3-5-14(15)21/h3-11,28H,1-2H3,(H2,26,27,29). The van der Waals surface area contributed by atoms with Crippen LogP contribution < -0.4 is 15.4 Å². The third-order valence-corrected chi connectivity index (χ3v) is 7.04. The molecule has 1 heterocycles. The normalized spacial score (nSPS) is 12.4. The smallest absolute Gasteiger partial charge is 0.308 e. The molecule has 3 N–H and O–H groups in total. The number of anilines is 2. The Morgan fingerprint density at radius 3 is 2.24 bits per heavy atom. The van der Waals surface area contributed by atoms with E-state index in [9.17, 15) is 30.8 Å². The van der Waals surface area contributed by atoms with Crippen LogP contribution in [0.2, 0.25) is 0 Å². The van der Waals surface area contributed by atoms with Crippen LogP contribution in [0, 0.1) is 5.82 Å². The minimum atomic E-state index is -5.55. The van der Waals surface area contributed by atoms with Gasteiger partial charge in [0.1, 0.15) is 10.8 Å². The number of aromatic nitrogens is 1. The number of thiazole rings is 1. The lowest BCUT2D eigenvalue weighted by atomic mass is 10.1. The number of carbonyl (C=O) groups excluding carboxylic acids is 1. The predicted octanol–water partition coefficient (Wildman–Crippen LogP) is 5.27. The summed E-state index contributed by atoms with van der Waals surface area (Å²) >= 11 is 1.02. The van der Waals surface area contributed by atoms with Gasteiger partial charge in [-0.25, -0.2) is 22.6 Å². The average Bonchev–Trinajstić information content (AvgIpc) is 3.20. The highest BCUT2D eigenvalue weighted by Crippen LogP contribution is 2.34. The quantitative estimate of drug-likeness (QED) is 0.400. The van der Waals surface area contributed by atoms with Gasteiger partial charge in [-0.05, 0) is 43.7 Å². The van der Waals surface area contributed by atoms with E-state index in [4.69, 9.17) is 0 Å². The van der Waals surface area contributed by atoms with Gasteiger partial charge in [0.2, 0.25) is 0 Å². The van der Waals surface area contributed by atoms with Crippen LogP contribution in [0.5, 0.6) is 0 Å². The lowest BCUT2D eigenvalue weighted by molar-refractivity contribution is -0.0455. The number of halogens is 4. The number of sulfonamides is 1. The van der Waals surface area contributed by atoms with Crippen molar-refractivity contribution in [2.45, 2.75) is 24.9 Å². The van der Waals surface area contributed by atoms with Crippen LogP contribution in [0.1, 0.15) is 18.9 Å². The molecule has 176 valence electrons. The lowest BCUT2D eigenvalue weighted by Crippen LogP contribution is -2.46. The monoisotopic (exact) mass is 502 g/mol. The Hall–Kier alpha value is -3.03. The number of alkyl halides is 3. The van der Waals surface area contributed by atoms with E-state index in [0.29, 0.717) is 16.1 Å². The van der Waals surface area contributed by atoms with Gasteiger partial charge in [-0.15, -0.1) is 11.3 Å². The second-order valence-corrected chi connectivity index (χ2v) is 10.0. The van der Waals surface area contributed by atoms with Crippen molar-refractivity contribution in [3.8, 4) is 10.4 Å². The summed E-state index contributed by atoms with van der Waals surface area (Å²) in [5, 5.41) is 5.07. The fourth-order valence-electron chi connectivity index (χ4n) is 2.70. The topological polar surface area (TPSA) is 100 Å². The molecule has 3 rings (SSSR count). The number of carbonyl (C=O) groups is 1. The molecule has 0 saturated heterocycles. The highest BCUT2D eigenvalue weighted by molar-refractivity contribution is 7.90. The largest absolute Gasteiger partial charge is 0.511 e. The van der Waals surface area contributed by atoms with Crippen molar-refractivity contribution in [3.63, 3.8) is 0 Å². The zero-order valence-corrected chi connectivity index (χ0v) is 18.8. The molecule has 0 atom stereocenters. The SMILES string of the molecule is CC(C)(NS(=O)(=O)C(F)(F)F)c1ncc(-c2ccc(NC(=O)Nc3ccccc3F)cc2)s1. The molecular formula is C20H18F4N4O3S2. The van der Waals surface area contributed by atoms with Crippen LogP contribution >= 0.6 is 11.3 Å². The molecule has 13 heteroatoms. The van der Waals surface area contributed by atoms with Gasteiger partial charge in [0.15, 0.2) is 0 Å². The van der Waals surface area contributed by atoms with Crippen molar-refractivity contribution >= 4 is 38.8 Å². The second-order valence-electron chi connectivity index (χ2n) is 7.34. The first kappa shape index (κ1) is 24.6. The summed E-state index contributed by atoms with van der Waals surface area (Å²) in [6.07, 6.45) is 1.41. The summed E-state index contributed by atoms with van der Waals surface area (Å²) < 4.78 is 76.3. The number of hydrogen-bond donors (Lipinski definition) is 3. The molecule has 0 saturated carbocycles. The first-order valence-electron chi connectivity index (χ1n) is 9.28. The minimum Gasteiger partial charge on any atom is -0.308 e. The molecule has 3 aromatic rings. The molecule has 0 bridgehead atoms. The van der Waals surface area contributed by atoms with Gasteiger partial charge in [0.25, 0.3) is 0 Å².